The zero-order valence-electron chi connectivity index (χ0n) is 13.3. The molecule has 0 aliphatic heterocycles. The van der Waals surface area contributed by atoms with Crippen molar-refractivity contribution in [3.63, 3.8) is 0 Å². The average molecular weight is 354 g/mol. The average Bonchev–Trinajstić information content (AvgIpc) is 2.91. The summed E-state index contributed by atoms with van der Waals surface area (Å²) < 4.78 is 7.10. The Morgan fingerprint density at radius 2 is 2.09 bits per heavy atom. The van der Waals surface area contributed by atoms with Gasteiger partial charge in [-0.2, -0.15) is 5.10 Å². The Morgan fingerprint density at radius 3 is 2.78 bits per heavy atom. The molecular weight excluding hydrogens is 334 g/mol. The minimum Gasteiger partial charge on any atom is -0.505 e. The van der Waals surface area contributed by atoms with Crippen molar-refractivity contribution >= 4 is 22.9 Å². The molecule has 5 nitrogen and oxygen atoms in total. The van der Waals surface area contributed by atoms with Gasteiger partial charge in [-0.15, -0.1) is 0 Å². The number of phenolic OH excluding ortho intramolecular Hbond substituents is 1. The molecule has 1 aromatic carbocycles. The van der Waals surface area contributed by atoms with Crippen LogP contribution in [0.4, 0.5) is 0 Å². The van der Waals surface area contributed by atoms with Crippen LogP contribution in [0.1, 0.15) is 32.1 Å². The molecule has 1 saturated carbocycles. The molecule has 1 fully saturated rings. The summed E-state index contributed by atoms with van der Waals surface area (Å²) in [5.74, 6) is 0.537. The van der Waals surface area contributed by atoms with Crippen molar-refractivity contribution in [2.75, 3.05) is 7.11 Å². The van der Waals surface area contributed by atoms with Gasteiger partial charge in [-0.25, -0.2) is 4.68 Å². The molecule has 1 heterocycles. The Labute approximate surface area is 144 Å². The quantitative estimate of drug-likeness (QED) is 0.914. The van der Waals surface area contributed by atoms with E-state index in [1.807, 2.05) is 7.05 Å². The number of hydrogen-bond donors (Lipinski definition) is 1. The van der Waals surface area contributed by atoms with Gasteiger partial charge in [0.05, 0.1) is 23.7 Å². The zero-order valence-corrected chi connectivity index (χ0v) is 14.8. The number of halogens is 1. The lowest BCUT2D eigenvalue weighted by Crippen LogP contribution is -2.18. The molecule has 0 bridgehead atoms. The molecule has 1 aliphatic carbocycles. The Hall–Kier alpha value is -1.53. The maximum absolute atomic E-state index is 10.3. The van der Waals surface area contributed by atoms with Crippen LogP contribution in [-0.4, -0.2) is 28.0 Å². The second-order valence-corrected chi connectivity index (χ2v) is 7.07. The maximum atomic E-state index is 10.3. The summed E-state index contributed by atoms with van der Waals surface area (Å²) in [7, 11) is 3.43. The molecule has 0 spiro atoms. The predicted molar refractivity (Wildman–Crippen MR) is 92.2 cm³/mol. The van der Waals surface area contributed by atoms with Crippen molar-refractivity contribution < 1.29 is 9.84 Å². The minimum atomic E-state index is -0.00965. The first kappa shape index (κ1) is 16.3. The second-order valence-electron chi connectivity index (χ2n) is 5.71. The molecule has 0 atom stereocenters. The van der Waals surface area contributed by atoms with Crippen molar-refractivity contribution in [2.24, 2.45) is 12.0 Å². The summed E-state index contributed by atoms with van der Waals surface area (Å²) in [6.07, 6.45) is 6.07. The van der Waals surface area contributed by atoms with Crippen LogP contribution in [0.3, 0.4) is 0 Å². The van der Waals surface area contributed by atoms with E-state index in [2.05, 4.69) is 5.10 Å². The number of benzene rings is 1. The van der Waals surface area contributed by atoms with Crippen molar-refractivity contribution in [3.05, 3.63) is 22.0 Å². The summed E-state index contributed by atoms with van der Waals surface area (Å²) >= 11 is 7.48. The SMILES string of the molecule is COc1ccc(Cl)c(O)c1-c1nn(C)c(=NC2CCCCC2)s1. The van der Waals surface area contributed by atoms with E-state index in [1.54, 1.807) is 23.9 Å². The predicted octanol–water partition coefficient (Wildman–Crippen LogP) is 3.75. The van der Waals surface area contributed by atoms with E-state index in [4.69, 9.17) is 21.3 Å². The molecule has 2 aromatic rings. The molecule has 1 aromatic heterocycles. The number of aromatic nitrogens is 2. The topological polar surface area (TPSA) is 59.6 Å². The van der Waals surface area contributed by atoms with E-state index in [0.717, 1.165) is 17.6 Å². The minimum absolute atomic E-state index is 0.00965. The summed E-state index contributed by atoms with van der Waals surface area (Å²) in [6.45, 7) is 0. The third-order valence-electron chi connectivity index (χ3n) is 4.10. The highest BCUT2D eigenvalue weighted by molar-refractivity contribution is 7.12. The summed E-state index contributed by atoms with van der Waals surface area (Å²) in [5, 5.41) is 15.7. The number of methoxy groups -OCH3 is 1. The summed E-state index contributed by atoms with van der Waals surface area (Å²) in [4.78, 5) is 5.69. The van der Waals surface area contributed by atoms with E-state index in [0.29, 0.717) is 22.4 Å². The number of ether oxygens (including phenoxy) is 1. The molecule has 23 heavy (non-hydrogen) atoms. The van der Waals surface area contributed by atoms with Crippen molar-refractivity contribution in [3.8, 4) is 22.1 Å². The Kier molecular flexibility index (Phi) is 4.92. The molecule has 1 N–H and O–H groups in total. The van der Waals surface area contributed by atoms with Crippen LogP contribution in [0.25, 0.3) is 10.6 Å². The molecule has 0 radical (unpaired) electrons. The standard InChI is InChI=1S/C16H20ClN3O2S/c1-20-16(18-10-6-4-3-5-7-10)23-15(19-20)13-12(22-2)9-8-11(17)14(13)21/h8-10,21H,3-7H2,1-2H3. The summed E-state index contributed by atoms with van der Waals surface area (Å²) in [5.41, 5.74) is 0.519. The molecular formula is C16H20ClN3O2S. The van der Waals surface area contributed by atoms with Gasteiger partial charge < -0.3 is 9.84 Å². The first-order valence-electron chi connectivity index (χ1n) is 7.74. The van der Waals surface area contributed by atoms with Gasteiger partial charge in [-0.1, -0.05) is 42.2 Å². The first-order chi connectivity index (χ1) is 11.1. The highest BCUT2D eigenvalue weighted by Crippen LogP contribution is 2.42. The van der Waals surface area contributed by atoms with Crippen LogP contribution in [-0.2, 0) is 7.05 Å². The van der Waals surface area contributed by atoms with E-state index in [9.17, 15) is 5.11 Å². The Morgan fingerprint density at radius 1 is 1.35 bits per heavy atom. The number of phenols is 1. The van der Waals surface area contributed by atoms with Gasteiger partial charge in [0.25, 0.3) is 0 Å². The van der Waals surface area contributed by atoms with Gasteiger partial charge >= 0.3 is 0 Å². The number of aromatic hydroxyl groups is 1. The third kappa shape index (κ3) is 3.38. The highest BCUT2D eigenvalue weighted by Gasteiger charge is 2.19. The fourth-order valence-corrected chi connectivity index (χ4v) is 4.02. The van der Waals surface area contributed by atoms with Crippen LogP contribution in [0, 0.1) is 0 Å². The van der Waals surface area contributed by atoms with Crippen LogP contribution >= 0.6 is 22.9 Å². The molecule has 0 amide bonds. The van der Waals surface area contributed by atoms with Gasteiger partial charge in [-0.05, 0) is 25.0 Å². The van der Waals surface area contributed by atoms with Crippen molar-refractivity contribution in [2.45, 2.75) is 38.1 Å². The molecule has 0 saturated heterocycles. The number of rotatable bonds is 3. The van der Waals surface area contributed by atoms with E-state index >= 15 is 0 Å². The van der Waals surface area contributed by atoms with Crippen LogP contribution in [0.15, 0.2) is 17.1 Å². The summed E-state index contributed by atoms with van der Waals surface area (Å²) in [6, 6.07) is 3.72. The van der Waals surface area contributed by atoms with Crippen LogP contribution in [0.5, 0.6) is 11.5 Å². The second kappa shape index (κ2) is 6.93. The van der Waals surface area contributed by atoms with Crippen molar-refractivity contribution in [1.82, 2.24) is 9.78 Å². The van der Waals surface area contributed by atoms with E-state index < -0.39 is 0 Å². The van der Waals surface area contributed by atoms with Gasteiger partial charge in [0.15, 0.2) is 5.01 Å². The lowest BCUT2D eigenvalue weighted by molar-refractivity contribution is 0.410. The number of hydrogen-bond acceptors (Lipinski definition) is 5. The Balaban J connectivity index is 2.04. The van der Waals surface area contributed by atoms with Gasteiger partial charge in [-0.3, -0.25) is 4.99 Å². The van der Waals surface area contributed by atoms with Gasteiger partial charge in [0.1, 0.15) is 11.5 Å². The highest BCUT2D eigenvalue weighted by atomic mass is 35.5. The zero-order chi connectivity index (χ0) is 16.4. The first-order valence-corrected chi connectivity index (χ1v) is 8.93. The molecule has 3 rings (SSSR count). The van der Waals surface area contributed by atoms with Gasteiger partial charge in [0.2, 0.25) is 4.80 Å². The maximum Gasteiger partial charge on any atom is 0.203 e. The lowest BCUT2D eigenvalue weighted by atomic mass is 9.96. The van der Waals surface area contributed by atoms with E-state index in [1.165, 1.54) is 30.6 Å². The fraction of sp³-hybridized carbons (Fsp3) is 0.500. The monoisotopic (exact) mass is 353 g/mol. The smallest absolute Gasteiger partial charge is 0.203 e. The molecule has 1 aliphatic rings. The molecule has 124 valence electrons. The van der Waals surface area contributed by atoms with Crippen LogP contribution < -0.4 is 9.54 Å². The lowest BCUT2D eigenvalue weighted by Gasteiger charge is -2.16. The van der Waals surface area contributed by atoms with Gasteiger partial charge in [0, 0.05) is 7.05 Å². The molecule has 0 unspecified atom stereocenters. The van der Waals surface area contributed by atoms with Crippen molar-refractivity contribution in [1.29, 1.82) is 0 Å². The largest absolute Gasteiger partial charge is 0.505 e. The normalized spacial score (nSPS) is 16.7. The number of aryl methyl sites for hydroxylation is 1. The fourth-order valence-electron chi connectivity index (χ4n) is 2.85. The van der Waals surface area contributed by atoms with Crippen LogP contribution in [0.2, 0.25) is 5.02 Å². The van der Waals surface area contributed by atoms with E-state index in [-0.39, 0.29) is 10.8 Å². The number of nitrogens with zero attached hydrogens (tertiary/aromatic N) is 3. The third-order valence-corrected chi connectivity index (χ3v) is 5.43. The Bertz CT molecular complexity index is 763. The molecule has 7 heteroatoms.